The number of rotatable bonds is 4. The number of aliphatic hydroxyl groups is 2. The second-order valence-corrected chi connectivity index (χ2v) is 5.68. The van der Waals surface area contributed by atoms with Gasteiger partial charge in [0, 0.05) is 27.1 Å². The first kappa shape index (κ1) is 17.1. The van der Waals surface area contributed by atoms with Crippen LogP contribution in [0.1, 0.15) is 26.7 Å². The van der Waals surface area contributed by atoms with E-state index in [9.17, 15) is 10.2 Å². The average molecular weight is 306 g/mol. The topological polar surface area (TPSA) is 86.6 Å². The van der Waals surface area contributed by atoms with Crippen LogP contribution in [0.15, 0.2) is 0 Å². The Hall–Kier alpha value is -0.280. The van der Waals surface area contributed by atoms with Gasteiger partial charge in [-0.25, -0.2) is 0 Å². The molecule has 0 radical (unpaired) electrons. The molecule has 2 aliphatic heterocycles. The molecule has 2 aliphatic rings. The van der Waals surface area contributed by atoms with Gasteiger partial charge in [-0.15, -0.1) is 0 Å². The SMILES string of the molecule is CO[C@H]1C[C@H](O[C@H]2[C@H](C)OC(O)C[C@@H]2OC)O[C@@H](C)[C@@H]1O. The molecule has 2 fully saturated rings. The van der Waals surface area contributed by atoms with E-state index in [4.69, 9.17) is 23.7 Å². The predicted molar refractivity (Wildman–Crippen MR) is 72.6 cm³/mol. The summed E-state index contributed by atoms with van der Waals surface area (Å²) in [6.45, 7) is 3.61. The Morgan fingerprint density at radius 2 is 1.57 bits per heavy atom. The lowest BCUT2D eigenvalue weighted by molar-refractivity contribution is -0.310. The quantitative estimate of drug-likeness (QED) is 0.757. The van der Waals surface area contributed by atoms with Crippen molar-refractivity contribution in [2.24, 2.45) is 0 Å². The number of aliphatic hydroxyl groups excluding tert-OH is 2. The predicted octanol–water partition coefficient (Wildman–Crippen LogP) is 0.0246. The van der Waals surface area contributed by atoms with E-state index >= 15 is 0 Å². The van der Waals surface area contributed by atoms with Gasteiger partial charge < -0.3 is 33.9 Å². The van der Waals surface area contributed by atoms with Crippen LogP contribution in [0.2, 0.25) is 0 Å². The molecule has 2 N–H and O–H groups in total. The Labute approximate surface area is 125 Å². The number of hydrogen-bond donors (Lipinski definition) is 2. The second-order valence-electron chi connectivity index (χ2n) is 5.68. The minimum absolute atomic E-state index is 0.268. The Morgan fingerprint density at radius 1 is 0.905 bits per heavy atom. The number of methoxy groups -OCH3 is 2. The van der Waals surface area contributed by atoms with Crippen LogP contribution in [0.5, 0.6) is 0 Å². The van der Waals surface area contributed by atoms with E-state index in [-0.39, 0.29) is 30.5 Å². The third-order valence-electron chi connectivity index (χ3n) is 4.20. The molecule has 0 aromatic rings. The molecule has 0 aromatic carbocycles. The molecule has 2 saturated heterocycles. The monoisotopic (exact) mass is 306 g/mol. The summed E-state index contributed by atoms with van der Waals surface area (Å²) in [5.41, 5.74) is 0. The van der Waals surface area contributed by atoms with E-state index in [2.05, 4.69) is 0 Å². The van der Waals surface area contributed by atoms with Crippen LogP contribution in [0.25, 0.3) is 0 Å². The van der Waals surface area contributed by atoms with Crippen LogP contribution in [0, 0.1) is 0 Å². The fourth-order valence-electron chi connectivity index (χ4n) is 2.95. The molecule has 0 aromatic heterocycles. The molecule has 0 amide bonds. The summed E-state index contributed by atoms with van der Waals surface area (Å²) in [6, 6.07) is 0. The molecule has 1 unspecified atom stereocenters. The zero-order valence-electron chi connectivity index (χ0n) is 13.0. The molecule has 7 heteroatoms. The van der Waals surface area contributed by atoms with Crippen molar-refractivity contribution in [1.29, 1.82) is 0 Å². The smallest absolute Gasteiger partial charge is 0.161 e. The molecule has 0 saturated carbocycles. The maximum Gasteiger partial charge on any atom is 0.161 e. The molecule has 124 valence electrons. The first-order chi connectivity index (χ1) is 9.96. The molecule has 0 spiro atoms. The van der Waals surface area contributed by atoms with Gasteiger partial charge in [-0.1, -0.05) is 0 Å². The molecule has 2 rings (SSSR count). The van der Waals surface area contributed by atoms with E-state index in [1.54, 1.807) is 21.1 Å². The van der Waals surface area contributed by atoms with Gasteiger partial charge in [0.25, 0.3) is 0 Å². The minimum Gasteiger partial charge on any atom is -0.388 e. The van der Waals surface area contributed by atoms with Gasteiger partial charge >= 0.3 is 0 Å². The van der Waals surface area contributed by atoms with Crippen LogP contribution in [0.3, 0.4) is 0 Å². The summed E-state index contributed by atoms with van der Waals surface area (Å²) in [5.74, 6) is 0. The highest BCUT2D eigenvalue weighted by Gasteiger charge is 2.42. The Kier molecular flexibility index (Phi) is 5.96. The van der Waals surface area contributed by atoms with E-state index < -0.39 is 18.7 Å². The molecule has 8 atom stereocenters. The van der Waals surface area contributed by atoms with Crippen molar-refractivity contribution >= 4 is 0 Å². The number of ether oxygens (including phenoxy) is 5. The lowest BCUT2D eigenvalue weighted by Crippen LogP contribution is -2.54. The van der Waals surface area contributed by atoms with E-state index in [0.717, 1.165) is 0 Å². The Balaban J connectivity index is 1.99. The highest BCUT2D eigenvalue weighted by Crippen LogP contribution is 2.29. The van der Waals surface area contributed by atoms with Crippen molar-refractivity contribution in [3.8, 4) is 0 Å². The summed E-state index contributed by atoms with van der Waals surface area (Å²) < 4.78 is 27.7. The van der Waals surface area contributed by atoms with Gasteiger partial charge in [-0.05, 0) is 13.8 Å². The Bertz CT molecular complexity index is 326. The summed E-state index contributed by atoms with van der Waals surface area (Å²) in [6.07, 6.45) is -2.86. The molecule has 7 nitrogen and oxygen atoms in total. The third-order valence-corrected chi connectivity index (χ3v) is 4.20. The molecular formula is C14H26O7. The van der Waals surface area contributed by atoms with Gasteiger partial charge in [0.1, 0.15) is 12.2 Å². The standard InChI is InChI=1S/C14H26O7/c1-7-13(16)9(17-3)6-12(20-7)21-14-8(2)19-11(15)5-10(14)18-4/h7-16H,5-6H2,1-4H3/t7-,8-,9-,10-,11?,12-,13-,14-/m0/s1. The van der Waals surface area contributed by atoms with E-state index in [1.165, 1.54) is 0 Å². The molecule has 0 bridgehead atoms. The lowest BCUT2D eigenvalue weighted by Gasteiger charge is -2.42. The zero-order valence-corrected chi connectivity index (χ0v) is 13.0. The van der Waals surface area contributed by atoms with Crippen LogP contribution < -0.4 is 0 Å². The van der Waals surface area contributed by atoms with Gasteiger partial charge in [0.15, 0.2) is 12.6 Å². The third kappa shape index (κ3) is 3.92. The van der Waals surface area contributed by atoms with Crippen molar-refractivity contribution in [2.75, 3.05) is 14.2 Å². The summed E-state index contributed by atoms with van der Waals surface area (Å²) in [5, 5.41) is 19.6. The first-order valence-electron chi connectivity index (χ1n) is 7.34. The van der Waals surface area contributed by atoms with Gasteiger partial charge in [0.2, 0.25) is 0 Å². The van der Waals surface area contributed by atoms with E-state index in [0.29, 0.717) is 12.8 Å². The summed E-state index contributed by atoms with van der Waals surface area (Å²) in [4.78, 5) is 0. The lowest BCUT2D eigenvalue weighted by atomic mass is 10.0. The molecule has 21 heavy (non-hydrogen) atoms. The summed E-state index contributed by atoms with van der Waals surface area (Å²) >= 11 is 0. The van der Waals surface area contributed by atoms with Crippen molar-refractivity contribution < 1.29 is 33.9 Å². The van der Waals surface area contributed by atoms with Gasteiger partial charge in [-0.2, -0.15) is 0 Å². The first-order valence-corrected chi connectivity index (χ1v) is 7.34. The normalized spacial score (nSPS) is 48.3. The average Bonchev–Trinajstić information content (AvgIpc) is 2.45. The molecular weight excluding hydrogens is 280 g/mol. The molecule has 0 aliphatic carbocycles. The fraction of sp³-hybridized carbons (Fsp3) is 1.00. The van der Waals surface area contributed by atoms with Crippen LogP contribution >= 0.6 is 0 Å². The van der Waals surface area contributed by atoms with Crippen molar-refractivity contribution in [1.82, 2.24) is 0 Å². The zero-order chi connectivity index (χ0) is 15.6. The van der Waals surface area contributed by atoms with Gasteiger partial charge in [-0.3, -0.25) is 0 Å². The maximum absolute atomic E-state index is 9.96. The van der Waals surface area contributed by atoms with Crippen LogP contribution in [-0.4, -0.2) is 73.6 Å². The van der Waals surface area contributed by atoms with Crippen molar-refractivity contribution in [3.63, 3.8) is 0 Å². The van der Waals surface area contributed by atoms with Gasteiger partial charge in [0.05, 0.1) is 24.4 Å². The van der Waals surface area contributed by atoms with Crippen LogP contribution in [0.4, 0.5) is 0 Å². The number of hydrogen-bond acceptors (Lipinski definition) is 7. The Morgan fingerprint density at radius 3 is 2.19 bits per heavy atom. The largest absolute Gasteiger partial charge is 0.388 e. The maximum atomic E-state index is 9.96. The van der Waals surface area contributed by atoms with Crippen LogP contribution in [-0.2, 0) is 23.7 Å². The highest BCUT2D eigenvalue weighted by molar-refractivity contribution is 4.86. The second kappa shape index (κ2) is 7.32. The van der Waals surface area contributed by atoms with Crippen molar-refractivity contribution in [3.05, 3.63) is 0 Å². The minimum atomic E-state index is -0.843. The van der Waals surface area contributed by atoms with E-state index in [1.807, 2.05) is 6.92 Å². The van der Waals surface area contributed by atoms with Crippen molar-refractivity contribution in [2.45, 2.75) is 75.9 Å². The highest BCUT2D eigenvalue weighted by atomic mass is 16.7. The summed E-state index contributed by atoms with van der Waals surface area (Å²) in [7, 11) is 3.14. The molecule has 2 heterocycles. The fourth-order valence-corrected chi connectivity index (χ4v) is 2.95.